The molecule has 1 heteroatoms. The van der Waals surface area contributed by atoms with Gasteiger partial charge in [0.25, 0.3) is 0 Å². The summed E-state index contributed by atoms with van der Waals surface area (Å²) in [5.74, 6) is 0. The van der Waals surface area contributed by atoms with Crippen LogP contribution >= 0.6 is 11.8 Å². The molecule has 0 amide bonds. The van der Waals surface area contributed by atoms with E-state index < -0.39 is 0 Å². The monoisotopic (exact) mass is 244 g/mol. The molecule has 0 rings (SSSR count). The molecular weight excluding hydrogens is 212 g/mol. The maximum absolute atomic E-state index is 2.31. The molecule has 0 spiro atoms. The lowest BCUT2D eigenvalue weighted by Gasteiger charge is -2.10. The summed E-state index contributed by atoms with van der Waals surface area (Å²) in [5, 5.41) is 0.921. The summed E-state index contributed by atoms with van der Waals surface area (Å²) in [4.78, 5) is 0. The van der Waals surface area contributed by atoms with Gasteiger partial charge >= 0.3 is 0 Å². The average molecular weight is 244 g/mol. The van der Waals surface area contributed by atoms with Crippen LogP contribution in [0.5, 0.6) is 0 Å². The zero-order chi connectivity index (χ0) is 12.1. The van der Waals surface area contributed by atoms with Gasteiger partial charge in [0.2, 0.25) is 0 Å². The Hall–Kier alpha value is 0.350. The highest BCUT2D eigenvalue weighted by Gasteiger charge is 2.02. The van der Waals surface area contributed by atoms with Gasteiger partial charge in [0, 0.05) is 5.25 Å². The molecule has 16 heavy (non-hydrogen) atoms. The Kier molecular flexibility index (Phi) is 13.7. The molecule has 0 radical (unpaired) electrons. The molecule has 0 nitrogen and oxygen atoms in total. The second kappa shape index (κ2) is 13.4. The highest BCUT2D eigenvalue weighted by atomic mass is 32.2. The van der Waals surface area contributed by atoms with Crippen molar-refractivity contribution in [1.29, 1.82) is 0 Å². The summed E-state index contributed by atoms with van der Waals surface area (Å²) >= 11 is 2.05. The Bertz CT molecular complexity index is 119. The fourth-order valence-corrected chi connectivity index (χ4v) is 2.91. The van der Waals surface area contributed by atoms with Gasteiger partial charge in [-0.1, -0.05) is 71.6 Å². The van der Waals surface area contributed by atoms with Crippen LogP contribution in [-0.2, 0) is 0 Å². The van der Waals surface area contributed by atoms with Crippen molar-refractivity contribution in [1.82, 2.24) is 0 Å². The quantitative estimate of drug-likeness (QED) is 0.377. The van der Waals surface area contributed by atoms with E-state index in [4.69, 9.17) is 0 Å². The van der Waals surface area contributed by atoms with Gasteiger partial charge in [-0.3, -0.25) is 0 Å². The summed E-state index contributed by atoms with van der Waals surface area (Å²) in [6.07, 6.45) is 18.1. The normalized spacial score (nSPS) is 12.9. The van der Waals surface area contributed by atoms with Crippen molar-refractivity contribution in [2.45, 2.75) is 89.7 Å². The first-order chi connectivity index (χ1) is 7.85. The third kappa shape index (κ3) is 10.9. The third-order valence-corrected chi connectivity index (χ3v) is 4.65. The topological polar surface area (TPSA) is 0 Å². The van der Waals surface area contributed by atoms with Gasteiger partial charge in [-0.2, -0.15) is 11.8 Å². The summed E-state index contributed by atoms with van der Waals surface area (Å²) in [6.45, 7) is 4.60. The first-order valence-electron chi connectivity index (χ1n) is 7.37. The highest BCUT2D eigenvalue weighted by molar-refractivity contribution is 7.99. The second-order valence-corrected chi connectivity index (χ2v) is 6.02. The Labute approximate surface area is 108 Å². The number of hydrogen-bond acceptors (Lipinski definition) is 1. The minimum atomic E-state index is 0.921. The van der Waals surface area contributed by atoms with E-state index in [-0.39, 0.29) is 0 Å². The number of thioether (sulfide) groups is 1. The minimum absolute atomic E-state index is 0.921. The van der Waals surface area contributed by atoms with Crippen molar-refractivity contribution in [3.8, 4) is 0 Å². The Morgan fingerprint density at radius 2 is 1.25 bits per heavy atom. The van der Waals surface area contributed by atoms with Crippen molar-refractivity contribution in [2.24, 2.45) is 0 Å². The molecule has 0 heterocycles. The zero-order valence-electron chi connectivity index (χ0n) is 11.8. The first kappa shape index (κ1) is 16.4. The lowest BCUT2D eigenvalue weighted by Crippen LogP contribution is -1.99. The zero-order valence-corrected chi connectivity index (χ0v) is 12.6. The standard InChI is InChI=1S/C15H32S/c1-4-6-7-8-9-10-11-12-13-14-15(5-2)16-3/h15H,4-14H2,1-3H3. The van der Waals surface area contributed by atoms with Gasteiger partial charge < -0.3 is 0 Å². The molecule has 1 unspecified atom stereocenters. The maximum Gasteiger partial charge on any atom is 0.00416 e. The molecule has 0 aliphatic carbocycles. The van der Waals surface area contributed by atoms with E-state index in [1.807, 2.05) is 11.8 Å². The lowest BCUT2D eigenvalue weighted by molar-refractivity contribution is 0.551. The Morgan fingerprint density at radius 3 is 1.69 bits per heavy atom. The molecule has 0 aromatic carbocycles. The van der Waals surface area contributed by atoms with Gasteiger partial charge in [0.15, 0.2) is 0 Å². The van der Waals surface area contributed by atoms with Crippen molar-refractivity contribution in [3.05, 3.63) is 0 Å². The van der Waals surface area contributed by atoms with Crippen molar-refractivity contribution in [2.75, 3.05) is 6.26 Å². The van der Waals surface area contributed by atoms with Crippen LogP contribution in [0.3, 0.4) is 0 Å². The molecule has 0 fully saturated rings. The summed E-state index contributed by atoms with van der Waals surface area (Å²) in [6, 6.07) is 0. The van der Waals surface area contributed by atoms with Gasteiger partial charge in [-0.05, 0) is 19.1 Å². The number of rotatable bonds is 12. The van der Waals surface area contributed by atoms with E-state index >= 15 is 0 Å². The molecule has 0 aromatic rings. The molecular formula is C15H32S. The first-order valence-corrected chi connectivity index (χ1v) is 8.66. The molecule has 0 saturated carbocycles. The van der Waals surface area contributed by atoms with E-state index in [1.54, 1.807) is 0 Å². The van der Waals surface area contributed by atoms with Crippen LogP contribution in [-0.4, -0.2) is 11.5 Å². The fraction of sp³-hybridized carbons (Fsp3) is 1.00. The van der Waals surface area contributed by atoms with Gasteiger partial charge in [0.05, 0.1) is 0 Å². The maximum atomic E-state index is 2.31. The van der Waals surface area contributed by atoms with Crippen LogP contribution in [0.1, 0.15) is 84.5 Å². The van der Waals surface area contributed by atoms with E-state index in [9.17, 15) is 0 Å². The van der Waals surface area contributed by atoms with Gasteiger partial charge in [-0.15, -0.1) is 0 Å². The van der Waals surface area contributed by atoms with E-state index in [0.717, 1.165) is 5.25 Å². The highest BCUT2D eigenvalue weighted by Crippen LogP contribution is 2.19. The predicted molar refractivity (Wildman–Crippen MR) is 79.4 cm³/mol. The van der Waals surface area contributed by atoms with E-state index in [1.165, 1.54) is 70.6 Å². The predicted octanol–water partition coefficient (Wildman–Crippen LogP) is 6.05. The second-order valence-electron chi connectivity index (χ2n) is 4.88. The van der Waals surface area contributed by atoms with E-state index in [0.29, 0.717) is 0 Å². The van der Waals surface area contributed by atoms with Crippen LogP contribution < -0.4 is 0 Å². The van der Waals surface area contributed by atoms with Gasteiger partial charge in [-0.25, -0.2) is 0 Å². The summed E-state index contributed by atoms with van der Waals surface area (Å²) in [7, 11) is 0. The molecule has 0 aromatic heterocycles. The van der Waals surface area contributed by atoms with Crippen LogP contribution in [0.15, 0.2) is 0 Å². The van der Waals surface area contributed by atoms with Crippen LogP contribution in [0, 0.1) is 0 Å². The molecule has 0 aliphatic heterocycles. The smallest absolute Gasteiger partial charge is 0.00416 e. The number of hydrogen-bond donors (Lipinski definition) is 0. The molecule has 0 N–H and O–H groups in total. The van der Waals surface area contributed by atoms with Crippen LogP contribution in [0.2, 0.25) is 0 Å². The SMILES string of the molecule is CCCCCCCCCCCC(CC)SC. The molecule has 0 bridgehead atoms. The third-order valence-electron chi connectivity index (χ3n) is 3.42. The minimum Gasteiger partial charge on any atom is -0.162 e. The molecule has 0 saturated heterocycles. The largest absolute Gasteiger partial charge is 0.162 e. The average Bonchev–Trinajstić information content (AvgIpc) is 2.32. The lowest BCUT2D eigenvalue weighted by atomic mass is 10.1. The summed E-state index contributed by atoms with van der Waals surface area (Å²) < 4.78 is 0. The molecule has 0 aliphatic rings. The van der Waals surface area contributed by atoms with Crippen molar-refractivity contribution < 1.29 is 0 Å². The fourth-order valence-electron chi connectivity index (χ4n) is 2.17. The van der Waals surface area contributed by atoms with Crippen molar-refractivity contribution >= 4 is 11.8 Å². The Morgan fingerprint density at radius 1 is 0.750 bits per heavy atom. The van der Waals surface area contributed by atoms with Crippen LogP contribution in [0.4, 0.5) is 0 Å². The number of unbranched alkanes of at least 4 members (excludes halogenated alkanes) is 8. The Balaban J connectivity index is 3.03. The molecule has 1 atom stereocenters. The molecule has 98 valence electrons. The van der Waals surface area contributed by atoms with E-state index in [2.05, 4.69) is 20.1 Å². The van der Waals surface area contributed by atoms with Gasteiger partial charge in [0.1, 0.15) is 0 Å². The van der Waals surface area contributed by atoms with Crippen LogP contribution in [0.25, 0.3) is 0 Å². The summed E-state index contributed by atoms with van der Waals surface area (Å²) in [5.41, 5.74) is 0. The van der Waals surface area contributed by atoms with Crippen molar-refractivity contribution in [3.63, 3.8) is 0 Å².